The molecule has 2 rings (SSSR count). The Morgan fingerprint density at radius 3 is 2.13 bits per heavy atom. The van der Waals surface area contributed by atoms with Gasteiger partial charge >= 0.3 is 0 Å². The summed E-state index contributed by atoms with van der Waals surface area (Å²) in [5, 5.41) is 10.8. The second-order valence-corrected chi connectivity index (χ2v) is 9.28. The van der Waals surface area contributed by atoms with Gasteiger partial charge in [0.05, 0.1) is 19.3 Å². The quantitative estimate of drug-likeness (QED) is 0.365. The number of nitrogens with zero attached hydrogens (tertiary/aromatic N) is 4. The number of nitrogens with one attached hydrogen (secondary N) is 1. The summed E-state index contributed by atoms with van der Waals surface area (Å²) in [4.78, 5) is 16.0. The van der Waals surface area contributed by atoms with Crippen molar-refractivity contribution in [3.8, 4) is 0 Å². The summed E-state index contributed by atoms with van der Waals surface area (Å²) in [7, 11) is 0. The largest absolute Gasteiger partial charge is 0.370 e. The van der Waals surface area contributed by atoms with E-state index in [-0.39, 0.29) is 40.8 Å². The van der Waals surface area contributed by atoms with E-state index in [0.717, 1.165) is 5.56 Å². The van der Waals surface area contributed by atoms with Gasteiger partial charge in [0.15, 0.2) is 11.7 Å². The van der Waals surface area contributed by atoms with Crippen molar-refractivity contribution in [1.29, 1.82) is 0 Å². The minimum atomic E-state index is -0.305. The van der Waals surface area contributed by atoms with Crippen LogP contribution in [-0.2, 0) is 17.4 Å². The van der Waals surface area contributed by atoms with Gasteiger partial charge in [0, 0.05) is 6.54 Å². The van der Waals surface area contributed by atoms with E-state index in [1.807, 2.05) is 0 Å². The van der Waals surface area contributed by atoms with E-state index in [0.29, 0.717) is 19.6 Å². The molecule has 0 saturated heterocycles. The summed E-state index contributed by atoms with van der Waals surface area (Å²) in [5.74, 6) is -0.307. The molecule has 9 heteroatoms. The minimum absolute atomic E-state index is 0. The topological polar surface area (TPSA) is 124 Å². The van der Waals surface area contributed by atoms with Crippen molar-refractivity contribution in [2.24, 2.45) is 16.5 Å². The van der Waals surface area contributed by atoms with Gasteiger partial charge in [0.1, 0.15) is 0 Å². The van der Waals surface area contributed by atoms with Crippen molar-refractivity contribution in [3.05, 3.63) is 46.8 Å². The summed E-state index contributed by atoms with van der Waals surface area (Å²) in [6.07, 6.45) is 1.65. The van der Waals surface area contributed by atoms with Crippen LogP contribution in [0.3, 0.4) is 0 Å². The van der Waals surface area contributed by atoms with Gasteiger partial charge in [-0.3, -0.25) is 9.79 Å². The number of aliphatic imine (C=N–C) groups is 1. The summed E-state index contributed by atoms with van der Waals surface area (Å²) in [6.45, 7) is 14.4. The van der Waals surface area contributed by atoms with E-state index in [1.54, 1.807) is 10.9 Å². The minimum Gasteiger partial charge on any atom is -0.370 e. The molecule has 0 radical (unpaired) electrons. The Labute approximate surface area is 184 Å². The Balaban J connectivity index is 0.00000450. The smallest absolute Gasteiger partial charge is 0.273 e. The third kappa shape index (κ3) is 7.33. The van der Waals surface area contributed by atoms with E-state index in [1.165, 1.54) is 11.1 Å². The fourth-order valence-corrected chi connectivity index (χ4v) is 2.76. The van der Waals surface area contributed by atoms with Gasteiger partial charge < -0.3 is 16.8 Å². The average molecular weight is 436 g/mol. The van der Waals surface area contributed by atoms with Crippen LogP contribution in [0.5, 0.6) is 0 Å². The molecule has 8 nitrogen and oxygen atoms in total. The molecule has 0 aliphatic carbocycles. The molecular formula is C21H34ClN7O. The molecule has 5 N–H and O–H groups in total. The molecule has 166 valence electrons. The number of benzene rings is 1. The summed E-state index contributed by atoms with van der Waals surface area (Å²) < 4.78 is 1.68. The SMILES string of the molecule is CC(C)(C)c1cc(Cn2cc(C(=O)NCCN=C(N)N)nn2)cc(C(C)(C)C)c1.Cl. The van der Waals surface area contributed by atoms with Crippen molar-refractivity contribution in [2.45, 2.75) is 58.9 Å². The van der Waals surface area contributed by atoms with Gasteiger partial charge in [-0.25, -0.2) is 4.68 Å². The molecule has 0 aliphatic heterocycles. The molecule has 1 amide bonds. The number of hydrogen-bond donors (Lipinski definition) is 3. The lowest BCUT2D eigenvalue weighted by Crippen LogP contribution is -2.29. The molecule has 1 aromatic heterocycles. The third-order valence-corrected chi connectivity index (χ3v) is 4.53. The van der Waals surface area contributed by atoms with Crippen molar-refractivity contribution in [3.63, 3.8) is 0 Å². The predicted molar refractivity (Wildman–Crippen MR) is 123 cm³/mol. The Morgan fingerprint density at radius 2 is 1.63 bits per heavy atom. The van der Waals surface area contributed by atoms with Gasteiger partial charge in [0.2, 0.25) is 0 Å². The number of halogens is 1. The maximum atomic E-state index is 12.2. The first-order valence-electron chi connectivity index (χ1n) is 9.75. The molecule has 0 aliphatic rings. The molecule has 0 spiro atoms. The Bertz CT molecular complexity index is 855. The highest BCUT2D eigenvalue weighted by molar-refractivity contribution is 5.91. The summed E-state index contributed by atoms with van der Waals surface area (Å²) in [6, 6.07) is 6.68. The maximum absolute atomic E-state index is 12.2. The first-order chi connectivity index (χ1) is 13.4. The molecule has 1 aromatic carbocycles. The second kappa shape index (κ2) is 9.93. The van der Waals surface area contributed by atoms with Gasteiger partial charge in [-0.05, 0) is 27.5 Å². The zero-order chi connectivity index (χ0) is 21.8. The lowest BCUT2D eigenvalue weighted by molar-refractivity contribution is 0.0949. The number of hydrogen-bond acceptors (Lipinski definition) is 4. The average Bonchev–Trinajstić information content (AvgIpc) is 3.05. The van der Waals surface area contributed by atoms with Crippen LogP contribution in [0.15, 0.2) is 29.4 Å². The highest BCUT2D eigenvalue weighted by Crippen LogP contribution is 2.30. The van der Waals surface area contributed by atoms with Crippen LogP contribution in [0.4, 0.5) is 0 Å². The van der Waals surface area contributed by atoms with Crippen LogP contribution in [0.25, 0.3) is 0 Å². The first-order valence-corrected chi connectivity index (χ1v) is 9.75. The zero-order valence-corrected chi connectivity index (χ0v) is 19.5. The van der Waals surface area contributed by atoms with E-state index in [4.69, 9.17) is 11.5 Å². The lowest BCUT2D eigenvalue weighted by Gasteiger charge is -2.26. The number of carbonyl (C=O) groups is 1. The first kappa shape index (κ1) is 25.4. The molecule has 0 unspecified atom stereocenters. The summed E-state index contributed by atoms with van der Waals surface area (Å²) in [5.41, 5.74) is 14.5. The highest BCUT2D eigenvalue weighted by atomic mass is 35.5. The van der Waals surface area contributed by atoms with Crippen molar-refractivity contribution in [2.75, 3.05) is 13.1 Å². The highest BCUT2D eigenvalue weighted by Gasteiger charge is 2.21. The van der Waals surface area contributed by atoms with Gasteiger partial charge in [0.25, 0.3) is 5.91 Å². The third-order valence-electron chi connectivity index (χ3n) is 4.53. The van der Waals surface area contributed by atoms with E-state index in [9.17, 15) is 4.79 Å². The van der Waals surface area contributed by atoms with Crippen LogP contribution >= 0.6 is 12.4 Å². The van der Waals surface area contributed by atoms with Gasteiger partial charge in [-0.1, -0.05) is 65.0 Å². The molecule has 0 fully saturated rings. The number of rotatable bonds is 6. The predicted octanol–water partition coefficient (Wildman–Crippen LogP) is 2.35. The van der Waals surface area contributed by atoms with Crippen LogP contribution in [0.2, 0.25) is 0 Å². The van der Waals surface area contributed by atoms with Crippen molar-refractivity contribution in [1.82, 2.24) is 20.3 Å². The fourth-order valence-electron chi connectivity index (χ4n) is 2.76. The molecule has 0 atom stereocenters. The number of carbonyl (C=O) groups excluding carboxylic acids is 1. The van der Waals surface area contributed by atoms with E-state index in [2.05, 4.69) is 80.4 Å². The lowest BCUT2D eigenvalue weighted by atomic mass is 9.79. The van der Waals surface area contributed by atoms with Crippen molar-refractivity contribution < 1.29 is 4.79 Å². The van der Waals surface area contributed by atoms with Crippen molar-refractivity contribution >= 4 is 24.3 Å². The number of nitrogens with two attached hydrogens (primary N) is 2. The number of guanidine groups is 1. The molecule has 30 heavy (non-hydrogen) atoms. The number of aromatic nitrogens is 3. The van der Waals surface area contributed by atoms with Crippen LogP contribution in [0.1, 0.15) is 68.7 Å². The summed E-state index contributed by atoms with van der Waals surface area (Å²) >= 11 is 0. The molecular weight excluding hydrogens is 402 g/mol. The fraction of sp³-hybridized carbons (Fsp3) is 0.524. The monoisotopic (exact) mass is 435 g/mol. The van der Waals surface area contributed by atoms with Gasteiger partial charge in [-0.15, -0.1) is 17.5 Å². The molecule has 2 aromatic rings. The van der Waals surface area contributed by atoms with E-state index < -0.39 is 0 Å². The normalized spacial score (nSPS) is 11.5. The Kier molecular flexibility index (Phi) is 8.42. The molecule has 1 heterocycles. The zero-order valence-electron chi connectivity index (χ0n) is 18.7. The van der Waals surface area contributed by atoms with E-state index >= 15 is 0 Å². The van der Waals surface area contributed by atoms with Crippen LogP contribution in [0, 0.1) is 0 Å². The maximum Gasteiger partial charge on any atom is 0.273 e. The standard InChI is InChI=1S/C21H33N7O.ClH/c1-20(2,3)15-9-14(10-16(11-15)21(4,5)6)12-28-13-17(26-27-28)18(29)24-7-8-25-19(22)23;/h9-11,13H,7-8,12H2,1-6H3,(H,24,29)(H4,22,23,25);1H. The van der Waals surface area contributed by atoms with Crippen LogP contribution in [-0.4, -0.2) is 40.0 Å². The molecule has 0 bridgehead atoms. The van der Waals surface area contributed by atoms with Crippen LogP contribution < -0.4 is 16.8 Å². The second-order valence-electron chi connectivity index (χ2n) is 9.28. The Morgan fingerprint density at radius 1 is 1.07 bits per heavy atom. The van der Waals surface area contributed by atoms with Gasteiger partial charge in [-0.2, -0.15) is 0 Å². The Hall–Kier alpha value is -2.61. The molecule has 0 saturated carbocycles. The number of amides is 1.